The Morgan fingerprint density at radius 1 is 1.18 bits per heavy atom. The number of ether oxygens (including phenoxy) is 2. The molecule has 1 N–H and O–H groups in total. The molecule has 7 heteroatoms. The van der Waals surface area contributed by atoms with Crippen molar-refractivity contribution in [3.8, 4) is 11.5 Å². The maximum absolute atomic E-state index is 11.8. The second-order valence-corrected chi connectivity index (χ2v) is 5.70. The van der Waals surface area contributed by atoms with Crippen LogP contribution in [0.5, 0.6) is 11.5 Å². The number of nitrogens with zero attached hydrogens (tertiary/aromatic N) is 1. The molecule has 0 spiro atoms. The summed E-state index contributed by atoms with van der Waals surface area (Å²) in [7, 11) is 3.03. The Labute approximate surface area is 131 Å². The Morgan fingerprint density at radius 3 is 2.27 bits per heavy atom. The summed E-state index contributed by atoms with van der Waals surface area (Å²) < 4.78 is 22.4. The highest BCUT2D eigenvalue weighted by atomic mass is 32.2. The number of aromatic nitrogens is 2. The lowest BCUT2D eigenvalue weighted by Gasteiger charge is -2.14. The van der Waals surface area contributed by atoms with E-state index in [4.69, 9.17) is 9.47 Å². The Morgan fingerprint density at radius 2 is 1.82 bits per heavy atom. The quantitative estimate of drug-likeness (QED) is 0.847. The van der Waals surface area contributed by atoms with Crippen molar-refractivity contribution in [3.63, 3.8) is 0 Å². The van der Waals surface area contributed by atoms with Crippen molar-refractivity contribution in [2.24, 2.45) is 0 Å². The highest BCUT2D eigenvalue weighted by molar-refractivity contribution is 7.91. The number of benzene rings is 1. The van der Waals surface area contributed by atoms with Gasteiger partial charge in [-0.05, 0) is 41.0 Å². The van der Waals surface area contributed by atoms with Gasteiger partial charge in [0.05, 0.1) is 19.9 Å². The molecule has 0 radical (unpaired) electrons. The Bertz CT molecular complexity index is 695. The fourth-order valence-corrected chi connectivity index (χ4v) is 2.76. The summed E-state index contributed by atoms with van der Waals surface area (Å²) in [6.45, 7) is 0. The molecule has 2 rings (SSSR count). The van der Waals surface area contributed by atoms with Gasteiger partial charge in [-0.1, -0.05) is 6.08 Å². The van der Waals surface area contributed by atoms with Crippen molar-refractivity contribution < 1.29 is 14.0 Å². The Hall–Kier alpha value is -2.25. The summed E-state index contributed by atoms with van der Waals surface area (Å²) in [6, 6.07) is 6.54. The lowest BCUT2D eigenvalue weighted by atomic mass is 10.1. The molecule has 0 bridgehead atoms. The monoisotopic (exact) mass is 320 g/mol. The van der Waals surface area contributed by atoms with E-state index in [-0.39, 0.29) is 5.56 Å². The molecule has 0 fully saturated rings. The fraction of sp³-hybridized carbons (Fsp3) is 0.200. The van der Waals surface area contributed by atoms with Gasteiger partial charge in [0.2, 0.25) is 4.90 Å². The minimum atomic E-state index is -1.23. The van der Waals surface area contributed by atoms with Gasteiger partial charge >= 0.3 is 0 Å². The van der Waals surface area contributed by atoms with Crippen LogP contribution < -0.4 is 15.0 Å². The first-order chi connectivity index (χ1) is 10.5. The van der Waals surface area contributed by atoms with Crippen LogP contribution in [-0.4, -0.2) is 35.2 Å². The topological polar surface area (TPSA) is 87.3 Å². The summed E-state index contributed by atoms with van der Waals surface area (Å²) in [5.74, 6) is 0.989. The number of aromatic amines is 1. The van der Waals surface area contributed by atoms with E-state index >= 15 is 0 Å². The maximum atomic E-state index is 11.8. The van der Waals surface area contributed by atoms with Crippen LogP contribution in [0.2, 0.25) is 0 Å². The molecule has 0 saturated carbocycles. The first-order valence-corrected chi connectivity index (χ1v) is 7.94. The SMILES string of the molecule is COc1cc(/C=C/c2ccc(=O)[nH]n2)cc(OC)c1[S+](C)[O-]. The summed E-state index contributed by atoms with van der Waals surface area (Å²) in [5, 5.41) is 6.25. The molecule has 1 aromatic carbocycles. The van der Waals surface area contributed by atoms with Gasteiger partial charge in [0.25, 0.3) is 5.56 Å². The van der Waals surface area contributed by atoms with Crippen LogP contribution in [0, 0.1) is 0 Å². The molecule has 1 heterocycles. The minimum absolute atomic E-state index is 0.254. The summed E-state index contributed by atoms with van der Waals surface area (Å²) >= 11 is -1.23. The molecule has 0 saturated heterocycles. The van der Waals surface area contributed by atoms with Gasteiger partial charge in [0, 0.05) is 6.07 Å². The lowest BCUT2D eigenvalue weighted by Crippen LogP contribution is -2.05. The van der Waals surface area contributed by atoms with E-state index in [9.17, 15) is 9.35 Å². The molecular formula is C15H16N2O4S. The lowest BCUT2D eigenvalue weighted by molar-refractivity contribution is 0.373. The van der Waals surface area contributed by atoms with E-state index in [0.717, 1.165) is 5.56 Å². The molecule has 1 unspecified atom stereocenters. The van der Waals surface area contributed by atoms with Gasteiger partial charge in [0.15, 0.2) is 11.5 Å². The summed E-state index contributed by atoms with van der Waals surface area (Å²) in [4.78, 5) is 11.5. The molecule has 0 amide bonds. The summed E-state index contributed by atoms with van der Waals surface area (Å²) in [5.41, 5.74) is 1.16. The molecule has 0 aliphatic rings. The van der Waals surface area contributed by atoms with Crippen molar-refractivity contribution in [3.05, 3.63) is 45.9 Å². The molecule has 6 nitrogen and oxygen atoms in total. The molecule has 0 aliphatic heterocycles. The van der Waals surface area contributed by atoms with Crippen LogP contribution in [-0.2, 0) is 11.2 Å². The number of nitrogens with one attached hydrogen (secondary N) is 1. The largest absolute Gasteiger partial charge is 0.611 e. The van der Waals surface area contributed by atoms with E-state index in [1.54, 1.807) is 36.6 Å². The average Bonchev–Trinajstić information content (AvgIpc) is 2.53. The first-order valence-electron chi connectivity index (χ1n) is 6.38. The zero-order valence-electron chi connectivity index (χ0n) is 12.5. The first kappa shape index (κ1) is 16.1. The molecule has 1 aromatic heterocycles. The zero-order valence-corrected chi connectivity index (χ0v) is 13.3. The van der Waals surface area contributed by atoms with Gasteiger partial charge in [-0.25, -0.2) is 5.10 Å². The van der Waals surface area contributed by atoms with Crippen LogP contribution in [0.4, 0.5) is 0 Å². The third-order valence-electron chi connectivity index (χ3n) is 2.92. The second kappa shape index (κ2) is 7.15. The smallest absolute Gasteiger partial charge is 0.264 e. The van der Waals surface area contributed by atoms with Gasteiger partial charge in [-0.3, -0.25) is 4.79 Å². The van der Waals surface area contributed by atoms with Crippen molar-refractivity contribution in [2.45, 2.75) is 4.90 Å². The molecule has 2 aromatic rings. The molecule has 22 heavy (non-hydrogen) atoms. The summed E-state index contributed by atoms with van der Waals surface area (Å²) in [6.07, 6.45) is 5.11. The third-order valence-corrected chi connectivity index (χ3v) is 3.89. The highest BCUT2D eigenvalue weighted by Crippen LogP contribution is 2.35. The van der Waals surface area contributed by atoms with Crippen LogP contribution >= 0.6 is 0 Å². The predicted octanol–water partition coefficient (Wildman–Crippen LogP) is 1.69. The van der Waals surface area contributed by atoms with Gasteiger partial charge in [-0.15, -0.1) is 0 Å². The number of hydrogen-bond acceptors (Lipinski definition) is 5. The van der Waals surface area contributed by atoms with E-state index in [1.807, 2.05) is 0 Å². The third kappa shape index (κ3) is 3.69. The number of methoxy groups -OCH3 is 2. The number of H-pyrrole nitrogens is 1. The van der Waals surface area contributed by atoms with Crippen molar-refractivity contribution in [1.82, 2.24) is 10.2 Å². The fourth-order valence-electron chi connectivity index (χ4n) is 1.91. The maximum Gasteiger partial charge on any atom is 0.264 e. The van der Waals surface area contributed by atoms with Gasteiger partial charge in [0.1, 0.15) is 6.26 Å². The van der Waals surface area contributed by atoms with Crippen molar-refractivity contribution in [1.29, 1.82) is 0 Å². The predicted molar refractivity (Wildman–Crippen MR) is 85.7 cm³/mol. The van der Waals surface area contributed by atoms with E-state index in [2.05, 4.69) is 10.2 Å². The Kier molecular flexibility index (Phi) is 5.24. The van der Waals surface area contributed by atoms with Gasteiger partial charge in [-0.2, -0.15) is 5.10 Å². The van der Waals surface area contributed by atoms with Crippen LogP contribution in [0.3, 0.4) is 0 Å². The highest BCUT2D eigenvalue weighted by Gasteiger charge is 2.20. The molecule has 0 aliphatic carbocycles. The van der Waals surface area contributed by atoms with Crippen LogP contribution in [0.25, 0.3) is 12.2 Å². The standard InChI is InChI=1S/C15H16N2O4S/c1-20-12-8-10(9-13(21-2)15(12)22(3)19)4-5-11-6-7-14(18)17-16-11/h4-9H,1-3H3,(H,17,18)/b5-4+. The Balaban J connectivity index is 2.39. The van der Waals surface area contributed by atoms with E-state index in [0.29, 0.717) is 22.1 Å². The van der Waals surface area contributed by atoms with Crippen LogP contribution in [0.15, 0.2) is 34.0 Å². The van der Waals surface area contributed by atoms with Crippen molar-refractivity contribution >= 4 is 23.3 Å². The zero-order chi connectivity index (χ0) is 16.1. The second-order valence-electron chi connectivity index (χ2n) is 4.39. The molecular weight excluding hydrogens is 304 g/mol. The number of hydrogen-bond donors (Lipinski definition) is 1. The molecule has 116 valence electrons. The van der Waals surface area contributed by atoms with Gasteiger partial charge < -0.3 is 14.0 Å². The van der Waals surface area contributed by atoms with Crippen molar-refractivity contribution in [2.75, 3.05) is 20.5 Å². The van der Waals surface area contributed by atoms with E-state index in [1.165, 1.54) is 20.3 Å². The average molecular weight is 320 g/mol. The molecule has 1 atom stereocenters. The van der Waals surface area contributed by atoms with E-state index < -0.39 is 11.2 Å². The number of rotatable bonds is 5. The van der Waals surface area contributed by atoms with Crippen LogP contribution in [0.1, 0.15) is 11.3 Å². The minimum Gasteiger partial charge on any atom is -0.611 e. The normalized spacial score (nSPS) is 12.4.